The Morgan fingerprint density at radius 2 is 2.00 bits per heavy atom. The SMILES string of the molecule is CC(C)C(CO)NC(=O)C=Cc1ccc(Cl)cc1. The van der Waals surface area contributed by atoms with Crippen molar-refractivity contribution >= 4 is 23.6 Å². The fourth-order valence-electron chi connectivity index (χ4n) is 1.40. The number of amides is 1. The van der Waals surface area contributed by atoms with E-state index in [1.807, 2.05) is 26.0 Å². The van der Waals surface area contributed by atoms with Gasteiger partial charge in [0.15, 0.2) is 0 Å². The molecule has 18 heavy (non-hydrogen) atoms. The molecule has 0 saturated carbocycles. The number of aliphatic hydroxyl groups excluding tert-OH is 1. The van der Waals surface area contributed by atoms with E-state index in [1.54, 1.807) is 18.2 Å². The van der Waals surface area contributed by atoms with Crippen LogP contribution >= 0.6 is 11.6 Å². The van der Waals surface area contributed by atoms with Gasteiger partial charge in [-0.3, -0.25) is 4.79 Å². The Hall–Kier alpha value is -1.32. The third kappa shape index (κ3) is 4.90. The second-order valence-electron chi connectivity index (χ2n) is 4.43. The first-order valence-corrected chi connectivity index (χ1v) is 6.25. The lowest BCUT2D eigenvalue weighted by Gasteiger charge is -2.18. The van der Waals surface area contributed by atoms with Crippen LogP contribution in [0, 0.1) is 5.92 Å². The van der Waals surface area contributed by atoms with E-state index in [9.17, 15) is 4.79 Å². The topological polar surface area (TPSA) is 49.3 Å². The second-order valence-corrected chi connectivity index (χ2v) is 4.86. The molecule has 0 aromatic heterocycles. The van der Waals surface area contributed by atoms with Gasteiger partial charge in [-0.1, -0.05) is 37.6 Å². The minimum atomic E-state index is -0.215. The van der Waals surface area contributed by atoms with Crippen LogP contribution in [0.5, 0.6) is 0 Å². The average molecular weight is 268 g/mol. The Balaban J connectivity index is 2.56. The summed E-state index contributed by atoms with van der Waals surface area (Å²) in [5.74, 6) is -0.0134. The molecule has 1 unspecified atom stereocenters. The predicted octanol–water partition coefficient (Wildman–Crippen LogP) is 2.49. The molecule has 0 saturated heterocycles. The number of nitrogens with one attached hydrogen (secondary N) is 1. The van der Waals surface area contributed by atoms with E-state index >= 15 is 0 Å². The van der Waals surface area contributed by atoms with Crippen LogP contribution in [0.25, 0.3) is 6.08 Å². The number of carbonyl (C=O) groups excluding carboxylic acids is 1. The summed E-state index contributed by atoms with van der Waals surface area (Å²) in [6, 6.07) is 6.98. The van der Waals surface area contributed by atoms with E-state index in [1.165, 1.54) is 6.08 Å². The molecule has 0 aliphatic heterocycles. The van der Waals surface area contributed by atoms with E-state index in [4.69, 9.17) is 16.7 Å². The second kappa shape index (κ2) is 7.19. The quantitative estimate of drug-likeness (QED) is 0.806. The Labute approximate surface area is 112 Å². The monoisotopic (exact) mass is 267 g/mol. The summed E-state index contributed by atoms with van der Waals surface area (Å²) in [6.45, 7) is 3.84. The van der Waals surface area contributed by atoms with Gasteiger partial charge in [-0.2, -0.15) is 0 Å². The van der Waals surface area contributed by atoms with Crippen molar-refractivity contribution in [2.24, 2.45) is 5.92 Å². The molecule has 0 bridgehead atoms. The molecule has 2 N–H and O–H groups in total. The van der Waals surface area contributed by atoms with Crippen LogP contribution < -0.4 is 5.32 Å². The Morgan fingerprint density at radius 1 is 1.39 bits per heavy atom. The highest BCUT2D eigenvalue weighted by Crippen LogP contribution is 2.10. The summed E-state index contributed by atoms with van der Waals surface area (Å²) in [5, 5.41) is 12.5. The van der Waals surface area contributed by atoms with Crippen molar-refractivity contribution in [2.45, 2.75) is 19.9 Å². The molecule has 0 heterocycles. The molecular formula is C14H18ClNO2. The van der Waals surface area contributed by atoms with Gasteiger partial charge >= 0.3 is 0 Å². The third-order valence-corrected chi connectivity index (χ3v) is 2.88. The molecule has 0 fully saturated rings. The summed E-state index contributed by atoms with van der Waals surface area (Å²) in [7, 11) is 0. The zero-order valence-electron chi connectivity index (χ0n) is 10.6. The minimum Gasteiger partial charge on any atom is -0.394 e. The molecule has 0 radical (unpaired) electrons. The van der Waals surface area contributed by atoms with Crippen molar-refractivity contribution in [3.05, 3.63) is 40.9 Å². The lowest BCUT2D eigenvalue weighted by atomic mass is 10.1. The Bertz CT molecular complexity index is 412. The molecule has 4 heteroatoms. The van der Waals surface area contributed by atoms with Crippen molar-refractivity contribution < 1.29 is 9.90 Å². The van der Waals surface area contributed by atoms with Gasteiger partial charge in [0.1, 0.15) is 0 Å². The predicted molar refractivity (Wildman–Crippen MR) is 74.3 cm³/mol. The molecule has 0 aliphatic rings. The first-order valence-electron chi connectivity index (χ1n) is 5.88. The van der Waals surface area contributed by atoms with Crippen molar-refractivity contribution in [3.8, 4) is 0 Å². The van der Waals surface area contributed by atoms with E-state index in [0.717, 1.165) is 5.56 Å². The van der Waals surface area contributed by atoms with E-state index in [0.29, 0.717) is 5.02 Å². The highest BCUT2D eigenvalue weighted by Gasteiger charge is 2.12. The van der Waals surface area contributed by atoms with Crippen LogP contribution in [-0.2, 0) is 4.79 Å². The van der Waals surface area contributed by atoms with Crippen molar-refractivity contribution in [2.75, 3.05) is 6.61 Å². The molecule has 3 nitrogen and oxygen atoms in total. The summed E-state index contributed by atoms with van der Waals surface area (Å²) in [6.07, 6.45) is 3.16. The molecule has 0 spiro atoms. The highest BCUT2D eigenvalue weighted by molar-refractivity contribution is 6.30. The minimum absolute atomic E-state index is 0.0573. The van der Waals surface area contributed by atoms with E-state index in [2.05, 4.69) is 5.32 Å². The van der Waals surface area contributed by atoms with Gasteiger partial charge in [-0.25, -0.2) is 0 Å². The first-order chi connectivity index (χ1) is 8.52. The molecule has 98 valence electrons. The van der Waals surface area contributed by atoms with Crippen LogP contribution in [0.2, 0.25) is 5.02 Å². The molecule has 1 rings (SSSR count). The lowest BCUT2D eigenvalue weighted by Crippen LogP contribution is -2.40. The van der Waals surface area contributed by atoms with Crippen LogP contribution in [0.4, 0.5) is 0 Å². The lowest BCUT2D eigenvalue weighted by molar-refractivity contribution is -0.117. The largest absolute Gasteiger partial charge is 0.394 e. The number of aliphatic hydroxyl groups is 1. The van der Waals surface area contributed by atoms with Gasteiger partial charge in [-0.15, -0.1) is 0 Å². The zero-order chi connectivity index (χ0) is 13.5. The molecule has 0 aliphatic carbocycles. The Kier molecular flexibility index (Phi) is 5.89. The summed E-state index contributed by atoms with van der Waals surface area (Å²) in [5.41, 5.74) is 0.902. The van der Waals surface area contributed by atoms with Gasteiger partial charge in [0.2, 0.25) is 5.91 Å². The van der Waals surface area contributed by atoms with Crippen LogP contribution in [-0.4, -0.2) is 23.7 Å². The molecular weight excluding hydrogens is 250 g/mol. The Morgan fingerprint density at radius 3 is 2.50 bits per heavy atom. The summed E-state index contributed by atoms with van der Waals surface area (Å²) < 4.78 is 0. The maximum atomic E-state index is 11.6. The van der Waals surface area contributed by atoms with E-state index in [-0.39, 0.29) is 24.5 Å². The number of halogens is 1. The smallest absolute Gasteiger partial charge is 0.244 e. The zero-order valence-corrected chi connectivity index (χ0v) is 11.3. The third-order valence-electron chi connectivity index (χ3n) is 2.63. The van der Waals surface area contributed by atoms with Crippen molar-refractivity contribution in [1.29, 1.82) is 0 Å². The fourth-order valence-corrected chi connectivity index (χ4v) is 1.53. The van der Waals surface area contributed by atoms with E-state index < -0.39 is 0 Å². The van der Waals surface area contributed by atoms with Gasteiger partial charge in [-0.05, 0) is 29.7 Å². The molecule has 1 amide bonds. The number of hydrogen-bond donors (Lipinski definition) is 2. The standard InChI is InChI=1S/C14H18ClNO2/c1-10(2)13(9-17)16-14(18)8-5-11-3-6-12(15)7-4-11/h3-8,10,13,17H,9H2,1-2H3,(H,16,18). The molecule has 1 aromatic rings. The average Bonchev–Trinajstić information content (AvgIpc) is 2.35. The molecule has 1 atom stereocenters. The van der Waals surface area contributed by atoms with Gasteiger partial charge in [0.25, 0.3) is 0 Å². The molecule has 1 aromatic carbocycles. The summed E-state index contributed by atoms with van der Waals surface area (Å²) in [4.78, 5) is 11.6. The number of benzene rings is 1. The number of hydrogen-bond acceptors (Lipinski definition) is 2. The van der Waals surface area contributed by atoms with Crippen molar-refractivity contribution in [1.82, 2.24) is 5.32 Å². The number of carbonyl (C=O) groups is 1. The van der Waals surface area contributed by atoms with Gasteiger partial charge in [0.05, 0.1) is 12.6 Å². The first kappa shape index (κ1) is 14.7. The van der Waals surface area contributed by atoms with Crippen LogP contribution in [0.1, 0.15) is 19.4 Å². The maximum absolute atomic E-state index is 11.6. The summed E-state index contributed by atoms with van der Waals surface area (Å²) >= 11 is 5.77. The number of rotatable bonds is 5. The maximum Gasteiger partial charge on any atom is 0.244 e. The van der Waals surface area contributed by atoms with Crippen LogP contribution in [0.15, 0.2) is 30.3 Å². The van der Waals surface area contributed by atoms with Gasteiger partial charge in [0, 0.05) is 11.1 Å². The van der Waals surface area contributed by atoms with Crippen LogP contribution in [0.3, 0.4) is 0 Å². The fraction of sp³-hybridized carbons (Fsp3) is 0.357. The van der Waals surface area contributed by atoms with Gasteiger partial charge < -0.3 is 10.4 Å². The highest BCUT2D eigenvalue weighted by atomic mass is 35.5. The normalized spacial score (nSPS) is 12.9. The van der Waals surface area contributed by atoms with Crippen molar-refractivity contribution in [3.63, 3.8) is 0 Å².